The number of carboxylic acid groups (broad SMARTS) is 1. The van der Waals surface area contributed by atoms with Crippen LogP contribution >= 0.6 is 12.6 Å². The zero-order chi connectivity index (χ0) is 10.3. The van der Waals surface area contributed by atoms with Crippen LogP contribution in [0.1, 0.15) is 26.2 Å². The summed E-state index contributed by atoms with van der Waals surface area (Å²) < 4.78 is 4.88. The molecular formula is C8H14O4S. The van der Waals surface area contributed by atoms with Crippen molar-refractivity contribution in [3.05, 3.63) is 0 Å². The monoisotopic (exact) mass is 206 g/mol. The number of esters is 1. The lowest BCUT2D eigenvalue weighted by atomic mass is 10.2. The fourth-order valence-electron chi connectivity index (χ4n) is 0.800. The molecule has 1 atom stereocenters. The Bertz CT molecular complexity index is 181. The molecule has 0 rings (SSSR count). The molecule has 76 valence electrons. The van der Waals surface area contributed by atoms with Gasteiger partial charge in [0.25, 0.3) is 0 Å². The third-order valence-electron chi connectivity index (χ3n) is 1.47. The minimum Gasteiger partial charge on any atom is -0.481 e. The highest BCUT2D eigenvalue weighted by molar-refractivity contribution is 7.80. The molecule has 13 heavy (non-hydrogen) atoms. The maximum Gasteiger partial charge on any atom is 0.307 e. The SMILES string of the molecule is CCC(CC(=O)O)OC(=O)CCS. The van der Waals surface area contributed by atoms with Crippen molar-refractivity contribution < 1.29 is 19.4 Å². The number of hydrogen-bond donors (Lipinski definition) is 2. The van der Waals surface area contributed by atoms with Crippen molar-refractivity contribution >= 4 is 24.6 Å². The van der Waals surface area contributed by atoms with Gasteiger partial charge >= 0.3 is 11.9 Å². The summed E-state index contributed by atoms with van der Waals surface area (Å²) in [5, 5.41) is 8.45. The summed E-state index contributed by atoms with van der Waals surface area (Å²) in [5.41, 5.74) is 0. The fraction of sp³-hybridized carbons (Fsp3) is 0.750. The van der Waals surface area contributed by atoms with Crippen LogP contribution < -0.4 is 0 Å². The van der Waals surface area contributed by atoms with E-state index in [1.165, 1.54) is 0 Å². The van der Waals surface area contributed by atoms with Gasteiger partial charge in [0, 0.05) is 5.75 Å². The molecule has 0 aliphatic heterocycles. The number of aliphatic carboxylic acids is 1. The van der Waals surface area contributed by atoms with Crippen LogP contribution in [0, 0.1) is 0 Å². The van der Waals surface area contributed by atoms with Gasteiger partial charge in [-0.2, -0.15) is 12.6 Å². The molecule has 1 unspecified atom stereocenters. The summed E-state index contributed by atoms with van der Waals surface area (Å²) in [6.45, 7) is 1.78. The summed E-state index contributed by atoms with van der Waals surface area (Å²) in [6, 6.07) is 0. The first-order valence-corrected chi connectivity index (χ1v) is 4.75. The average molecular weight is 206 g/mol. The summed E-state index contributed by atoms with van der Waals surface area (Å²) >= 11 is 3.86. The number of carbonyl (C=O) groups is 2. The van der Waals surface area contributed by atoms with Crippen molar-refractivity contribution in [3.63, 3.8) is 0 Å². The zero-order valence-electron chi connectivity index (χ0n) is 7.52. The van der Waals surface area contributed by atoms with Gasteiger partial charge in [0.1, 0.15) is 6.10 Å². The van der Waals surface area contributed by atoms with Crippen molar-refractivity contribution in [3.8, 4) is 0 Å². The van der Waals surface area contributed by atoms with E-state index in [4.69, 9.17) is 9.84 Å². The molecule has 0 amide bonds. The summed E-state index contributed by atoms with van der Waals surface area (Å²) in [4.78, 5) is 21.2. The minimum atomic E-state index is -0.953. The van der Waals surface area contributed by atoms with Gasteiger partial charge in [-0.15, -0.1) is 0 Å². The standard InChI is InChI=1S/C8H14O4S/c1-2-6(5-7(9)10)12-8(11)3-4-13/h6,13H,2-5H2,1H3,(H,9,10). The molecule has 0 aliphatic rings. The van der Waals surface area contributed by atoms with Crippen LogP contribution in [0.4, 0.5) is 0 Å². The molecule has 0 aromatic heterocycles. The Labute approximate surface area is 82.7 Å². The Hall–Kier alpha value is -0.710. The molecule has 0 radical (unpaired) electrons. The highest BCUT2D eigenvalue weighted by Crippen LogP contribution is 2.05. The fourth-order valence-corrected chi connectivity index (χ4v) is 0.983. The molecule has 0 aromatic carbocycles. The molecule has 5 heteroatoms. The van der Waals surface area contributed by atoms with Gasteiger partial charge in [0.2, 0.25) is 0 Å². The van der Waals surface area contributed by atoms with E-state index in [1.54, 1.807) is 6.92 Å². The first kappa shape index (κ1) is 12.3. The largest absolute Gasteiger partial charge is 0.481 e. The third-order valence-corrected chi connectivity index (χ3v) is 1.70. The number of carbonyl (C=O) groups excluding carboxylic acids is 1. The molecule has 0 fully saturated rings. The predicted octanol–water partition coefficient (Wildman–Crippen LogP) is 1.10. The molecule has 0 heterocycles. The normalized spacial score (nSPS) is 12.2. The number of rotatable bonds is 6. The predicted molar refractivity (Wildman–Crippen MR) is 50.9 cm³/mol. The van der Waals surface area contributed by atoms with E-state index >= 15 is 0 Å². The lowest BCUT2D eigenvalue weighted by Crippen LogP contribution is -2.20. The van der Waals surface area contributed by atoms with Gasteiger partial charge in [-0.25, -0.2) is 0 Å². The van der Waals surface area contributed by atoms with E-state index in [0.717, 1.165) is 0 Å². The first-order valence-electron chi connectivity index (χ1n) is 4.12. The van der Waals surface area contributed by atoms with Crippen LogP contribution in [0.15, 0.2) is 0 Å². The lowest BCUT2D eigenvalue weighted by Gasteiger charge is -2.13. The Morgan fingerprint density at radius 1 is 1.54 bits per heavy atom. The number of carboxylic acids is 1. The summed E-state index contributed by atoms with van der Waals surface area (Å²) in [5.74, 6) is -0.920. The molecule has 0 aromatic rings. The van der Waals surface area contributed by atoms with E-state index in [-0.39, 0.29) is 18.8 Å². The molecule has 0 aliphatic carbocycles. The highest BCUT2D eigenvalue weighted by Gasteiger charge is 2.15. The van der Waals surface area contributed by atoms with Crippen molar-refractivity contribution in [1.29, 1.82) is 0 Å². The van der Waals surface area contributed by atoms with Gasteiger partial charge in [-0.05, 0) is 6.42 Å². The highest BCUT2D eigenvalue weighted by atomic mass is 32.1. The number of ether oxygens (including phenoxy) is 1. The van der Waals surface area contributed by atoms with Crippen molar-refractivity contribution in [1.82, 2.24) is 0 Å². The van der Waals surface area contributed by atoms with E-state index in [0.29, 0.717) is 12.2 Å². The topological polar surface area (TPSA) is 63.6 Å². The van der Waals surface area contributed by atoms with E-state index in [9.17, 15) is 9.59 Å². The van der Waals surface area contributed by atoms with E-state index < -0.39 is 12.1 Å². The maximum absolute atomic E-state index is 10.9. The molecule has 4 nitrogen and oxygen atoms in total. The van der Waals surface area contributed by atoms with Gasteiger partial charge in [-0.3, -0.25) is 9.59 Å². The Balaban J connectivity index is 3.83. The van der Waals surface area contributed by atoms with E-state index in [2.05, 4.69) is 12.6 Å². The van der Waals surface area contributed by atoms with Crippen LogP contribution in [0.25, 0.3) is 0 Å². The van der Waals surface area contributed by atoms with Crippen LogP contribution in [-0.4, -0.2) is 28.9 Å². The lowest BCUT2D eigenvalue weighted by molar-refractivity contribution is -0.152. The van der Waals surface area contributed by atoms with Gasteiger partial charge in [0.05, 0.1) is 12.8 Å². The zero-order valence-corrected chi connectivity index (χ0v) is 8.42. The summed E-state index contributed by atoms with van der Waals surface area (Å²) in [6.07, 6.45) is 0.100. The van der Waals surface area contributed by atoms with Crippen molar-refractivity contribution in [2.45, 2.75) is 32.3 Å². The average Bonchev–Trinajstić information content (AvgIpc) is 2.02. The second kappa shape index (κ2) is 6.77. The molecule has 0 bridgehead atoms. The number of hydrogen-bond acceptors (Lipinski definition) is 4. The molecular weight excluding hydrogens is 192 g/mol. The molecule has 1 N–H and O–H groups in total. The first-order chi connectivity index (χ1) is 6.10. The van der Waals surface area contributed by atoms with E-state index in [1.807, 2.05) is 0 Å². The summed E-state index contributed by atoms with van der Waals surface area (Å²) in [7, 11) is 0. The third kappa shape index (κ3) is 6.45. The second-order valence-corrected chi connectivity index (χ2v) is 3.04. The quantitative estimate of drug-likeness (QED) is 0.504. The maximum atomic E-state index is 10.9. The van der Waals surface area contributed by atoms with Crippen molar-refractivity contribution in [2.24, 2.45) is 0 Å². The number of thiol groups is 1. The molecule has 0 spiro atoms. The van der Waals surface area contributed by atoms with Gasteiger partial charge < -0.3 is 9.84 Å². The molecule has 0 saturated carbocycles. The van der Waals surface area contributed by atoms with Gasteiger partial charge in [-0.1, -0.05) is 6.92 Å². The Morgan fingerprint density at radius 3 is 2.54 bits per heavy atom. The van der Waals surface area contributed by atoms with Gasteiger partial charge in [0.15, 0.2) is 0 Å². The van der Waals surface area contributed by atoms with Crippen LogP contribution in [0.3, 0.4) is 0 Å². The van der Waals surface area contributed by atoms with Crippen LogP contribution in [0.2, 0.25) is 0 Å². The Morgan fingerprint density at radius 2 is 2.15 bits per heavy atom. The molecule has 0 saturated heterocycles. The second-order valence-electron chi connectivity index (χ2n) is 2.59. The van der Waals surface area contributed by atoms with Crippen LogP contribution in [-0.2, 0) is 14.3 Å². The smallest absolute Gasteiger partial charge is 0.307 e. The Kier molecular flexibility index (Phi) is 6.40. The van der Waals surface area contributed by atoms with Crippen molar-refractivity contribution in [2.75, 3.05) is 5.75 Å². The van der Waals surface area contributed by atoms with Crippen LogP contribution in [0.5, 0.6) is 0 Å². The minimum absolute atomic E-state index is 0.130.